The van der Waals surface area contributed by atoms with Crippen molar-refractivity contribution in [2.24, 2.45) is 0 Å². The van der Waals surface area contributed by atoms with Gasteiger partial charge in [-0.15, -0.1) is 0 Å². The van der Waals surface area contributed by atoms with Crippen molar-refractivity contribution in [1.29, 1.82) is 0 Å². The van der Waals surface area contributed by atoms with Gasteiger partial charge in [-0.3, -0.25) is 0 Å². The van der Waals surface area contributed by atoms with Crippen molar-refractivity contribution in [3.05, 3.63) is 0 Å². The van der Waals surface area contributed by atoms with Gasteiger partial charge in [0.15, 0.2) is 0 Å². The molecule has 0 radical (unpaired) electrons. The molecule has 2 N–H and O–H groups in total. The highest BCUT2D eigenvalue weighted by Crippen LogP contribution is 2.06. The average molecular weight is 230 g/mol. The minimum Gasteiger partial charge on any atom is -0.315 e. The maximum absolute atomic E-state index is 3.56. The van der Waals surface area contributed by atoms with Crippen LogP contribution in [0.1, 0.15) is 38.5 Å². The summed E-state index contributed by atoms with van der Waals surface area (Å²) >= 11 is 1.96. The van der Waals surface area contributed by atoms with Crippen molar-refractivity contribution in [2.45, 2.75) is 44.6 Å². The first-order valence-corrected chi connectivity index (χ1v) is 7.76. The molecule has 1 unspecified atom stereocenters. The fourth-order valence-electron chi connectivity index (χ4n) is 2.05. The minimum atomic E-state index is 0.741. The van der Waals surface area contributed by atoms with Crippen LogP contribution in [0.15, 0.2) is 0 Å². The molecule has 0 aromatic carbocycles. The molecule has 0 aromatic rings. The number of piperidine rings is 1. The lowest BCUT2D eigenvalue weighted by Gasteiger charge is -2.23. The van der Waals surface area contributed by atoms with Gasteiger partial charge in [-0.25, -0.2) is 0 Å². The van der Waals surface area contributed by atoms with Gasteiger partial charge < -0.3 is 10.6 Å². The molecule has 1 rings (SSSR count). The highest BCUT2D eigenvalue weighted by molar-refractivity contribution is 7.98. The van der Waals surface area contributed by atoms with Gasteiger partial charge in [-0.2, -0.15) is 11.8 Å². The van der Waals surface area contributed by atoms with Crippen LogP contribution in [0.4, 0.5) is 0 Å². The Morgan fingerprint density at radius 2 is 2.20 bits per heavy atom. The monoisotopic (exact) mass is 230 g/mol. The standard InChI is InChI=1S/C12H26N2S/c1-15-10-6-2-4-8-13-11-12-7-3-5-9-14-12/h12-14H,2-11H2,1H3. The third-order valence-corrected chi connectivity index (χ3v) is 3.70. The summed E-state index contributed by atoms with van der Waals surface area (Å²) in [6.45, 7) is 3.59. The molecule has 0 spiro atoms. The minimum absolute atomic E-state index is 0.741. The van der Waals surface area contributed by atoms with Crippen LogP contribution in [0, 0.1) is 0 Å². The third-order valence-electron chi connectivity index (χ3n) is 3.01. The van der Waals surface area contributed by atoms with Crippen molar-refractivity contribution < 1.29 is 0 Å². The molecule has 0 aromatic heterocycles. The maximum Gasteiger partial charge on any atom is 0.0192 e. The van der Waals surface area contributed by atoms with E-state index in [1.54, 1.807) is 0 Å². The third kappa shape index (κ3) is 7.20. The van der Waals surface area contributed by atoms with E-state index in [9.17, 15) is 0 Å². The first-order chi connectivity index (χ1) is 7.43. The van der Waals surface area contributed by atoms with Crippen molar-refractivity contribution in [3.63, 3.8) is 0 Å². The van der Waals surface area contributed by atoms with E-state index >= 15 is 0 Å². The van der Waals surface area contributed by atoms with Gasteiger partial charge in [0, 0.05) is 12.6 Å². The largest absolute Gasteiger partial charge is 0.315 e. The zero-order valence-electron chi connectivity index (χ0n) is 10.1. The predicted molar refractivity (Wildman–Crippen MR) is 70.7 cm³/mol. The number of unbranched alkanes of at least 4 members (excludes halogenated alkanes) is 2. The Balaban J connectivity index is 1.79. The second kappa shape index (κ2) is 9.49. The summed E-state index contributed by atoms with van der Waals surface area (Å²) in [6.07, 6.45) is 10.4. The molecular formula is C12H26N2S. The van der Waals surface area contributed by atoms with Crippen LogP contribution < -0.4 is 10.6 Å². The van der Waals surface area contributed by atoms with E-state index in [1.165, 1.54) is 63.9 Å². The molecule has 0 saturated carbocycles. The molecule has 0 aliphatic carbocycles. The molecule has 1 atom stereocenters. The van der Waals surface area contributed by atoms with Crippen molar-refractivity contribution in [3.8, 4) is 0 Å². The van der Waals surface area contributed by atoms with Crippen LogP contribution in [0.25, 0.3) is 0 Å². The Bertz CT molecular complexity index is 136. The summed E-state index contributed by atoms with van der Waals surface area (Å²) in [7, 11) is 0. The SMILES string of the molecule is CSCCCCCNCC1CCCCN1. The summed E-state index contributed by atoms with van der Waals surface area (Å²) in [5, 5.41) is 7.13. The van der Waals surface area contributed by atoms with Crippen molar-refractivity contribution in [2.75, 3.05) is 31.6 Å². The fourth-order valence-corrected chi connectivity index (χ4v) is 2.54. The summed E-state index contributed by atoms with van der Waals surface area (Å²) in [5.41, 5.74) is 0. The normalized spacial score (nSPS) is 21.8. The molecule has 0 amide bonds. The summed E-state index contributed by atoms with van der Waals surface area (Å²) < 4.78 is 0. The molecular weight excluding hydrogens is 204 g/mol. The van der Waals surface area contributed by atoms with E-state index < -0.39 is 0 Å². The van der Waals surface area contributed by atoms with Crippen LogP contribution in [-0.2, 0) is 0 Å². The number of hydrogen-bond donors (Lipinski definition) is 2. The van der Waals surface area contributed by atoms with E-state index in [2.05, 4.69) is 16.9 Å². The van der Waals surface area contributed by atoms with Gasteiger partial charge in [0.2, 0.25) is 0 Å². The molecule has 2 nitrogen and oxygen atoms in total. The molecule has 90 valence electrons. The quantitative estimate of drug-likeness (QED) is 0.626. The lowest BCUT2D eigenvalue weighted by Crippen LogP contribution is -2.41. The molecule has 3 heteroatoms. The zero-order valence-corrected chi connectivity index (χ0v) is 10.9. The maximum atomic E-state index is 3.56. The van der Waals surface area contributed by atoms with Crippen molar-refractivity contribution >= 4 is 11.8 Å². The Kier molecular flexibility index (Phi) is 8.44. The highest BCUT2D eigenvalue weighted by Gasteiger charge is 2.10. The second-order valence-corrected chi connectivity index (χ2v) is 5.39. The first-order valence-electron chi connectivity index (χ1n) is 6.36. The molecule has 1 aliphatic heterocycles. The average Bonchev–Trinajstić information content (AvgIpc) is 2.29. The van der Waals surface area contributed by atoms with Gasteiger partial charge in [0.25, 0.3) is 0 Å². The van der Waals surface area contributed by atoms with E-state index in [-0.39, 0.29) is 0 Å². The Hall–Kier alpha value is 0.270. The highest BCUT2D eigenvalue weighted by atomic mass is 32.2. The first kappa shape index (κ1) is 13.3. The van der Waals surface area contributed by atoms with E-state index in [1.807, 2.05) is 11.8 Å². The number of rotatable bonds is 8. The number of thioether (sulfide) groups is 1. The fraction of sp³-hybridized carbons (Fsp3) is 1.00. The smallest absolute Gasteiger partial charge is 0.0192 e. The predicted octanol–water partition coefficient (Wildman–Crippen LogP) is 2.25. The molecule has 1 heterocycles. The van der Waals surface area contributed by atoms with Gasteiger partial charge in [-0.05, 0) is 50.8 Å². The van der Waals surface area contributed by atoms with Crippen LogP contribution in [0.2, 0.25) is 0 Å². The Morgan fingerprint density at radius 3 is 2.93 bits per heavy atom. The van der Waals surface area contributed by atoms with Gasteiger partial charge >= 0.3 is 0 Å². The molecule has 1 fully saturated rings. The van der Waals surface area contributed by atoms with Gasteiger partial charge in [-0.1, -0.05) is 12.8 Å². The lowest BCUT2D eigenvalue weighted by atomic mass is 10.1. The lowest BCUT2D eigenvalue weighted by molar-refractivity contribution is 0.382. The summed E-state index contributed by atoms with van der Waals surface area (Å²) in [4.78, 5) is 0. The van der Waals surface area contributed by atoms with E-state index in [0.29, 0.717) is 0 Å². The number of hydrogen-bond acceptors (Lipinski definition) is 3. The summed E-state index contributed by atoms with van der Waals surface area (Å²) in [6, 6.07) is 0.741. The second-order valence-electron chi connectivity index (χ2n) is 4.40. The molecule has 1 saturated heterocycles. The Morgan fingerprint density at radius 1 is 1.27 bits per heavy atom. The van der Waals surface area contributed by atoms with E-state index in [0.717, 1.165) is 6.04 Å². The zero-order chi connectivity index (χ0) is 10.8. The van der Waals surface area contributed by atoms with Crippen LogP contribution in [0.3, 0.4) is 0 Å². The van der Waals surface area contributed by atoms with Crippen LogP contribution >= 0.6 is 11.8 Å². The van der Waals surface area contributed by atoms with Gasteiger partial charge in [0.05, 0.1) is 0 Å². The summed E-state index contributed by atoms with van der Waals surface area (Å²) in [5.74, 6) is 1.32. The molecule has 1 aliphatic rings. The van der Waals surface area contributed by atoms with Crippen LogP contribution in [-0.4, -0.2) is 37.7 Å². The topological polar surface area (TPSA) is 24.1 Å². The van der Waals surface area contributed by atoms with Crippen molar-refractivity contribution in [1.82, 2.24) is 10.6 Å². The van der Waals surface area contributed by atoms with Gasteiger partial charge in [0.1, 0.15) is 0 Å². The molecule has 0 bridgehead atoms. The Labute approximate surface area is 99.0 Å². The van der Waals surface area contributed by atoms with E-state index in [4.69, 9.17) is 0 Å². The number of nitrogens with one attached hydrogen (secondary N) is 2. The van der Waals surface area contributed by atoms with Crippen LogP contribution in [0.5, 0.6) is 0 Å². The molecule has 15 heavy (non-hydrogen) atoms.